The summed E-state index contributed by atoms with van der Waals surface area (Å²) in [5, 5.41) is 1.07. The predicted molar refractivity (Wildman–Crippen MR) is 75.5 cm³/mol. The van der Waals surface area contributed by atoms with Gasteiger partial charge in [-0.1, -0.05) is 15.9 Å². The van der Waals surface area contributed by atoms with Gasteiger partial charge in [0.25, 0.3) is 0 Å². The van der Waals surface area contributed by atoms with Crippen molar-refractivity contribution in [3.63, 3.8) is 0 Å². The Balaban J connectivity index is 2.33. The van der Waals surface area contributed by atoms with E-state index in [4.69, 9.17) is 0 Å². The van der Waals surface area contributed by atoms with Gasteiger partial charge in [0.2, 0.25) is 5.91 Å². The first kappa shape index (κ1) is 15.0. The number of rotatable bonds is 6. The molecule has 0 spiro atoms. The van der Waals surface area contributed by atoms with Crippen LogP contribution in [0.15, 0.2) is 0 Å². The van der Waals surface area contributed by atoms with E-state index in [0.717, 1.165) is 50.9 Å². The molecule has 1 aliphatic rings. The van der Waals surface area contributed by atoms with Crippen LogP contribution in [0.3, 0.4) is 0 Å². The molecule has 1 fully saturated rings. The molecule has 1 heterocycles. The first-order valence-corrected chi connectivity index (χ1v) is 7.92. The lowest BCUT2D eigenvalue weighted by atomic mass is 9.95. The summed E-state index contributed by atoms with van der Waals surface area (Å²) < 4.78 is 0. The highest BCUT2D eigenvalue weighted by atomic mass is 79.9. The van der Waals surface area contributed by atoms with Crippen molar-refractivity contribution in [3.8, 4) is 0 Å². The van der Waals surface area contributed by atoms with Gasteiger partial charge in [0.05, 0.1) is 0 Å². The molecule has 0 saturated carbocycles. The van der Waals surface area contributed by atoms with Gasteiger partial charge < -0.3 is 9.80 Å². The summed E-state index contributed by atoms with van der Waals surface area (Å²) >= 11 is 3.46. The molecular formula is C13H25BrN2O. The zero-order valence-electron chi connectivity index (χ0n) is 11.1. The molecule has 17 heavy (non-hydrogen) atoms. The van der Waals surface area contributed by atoms with E-state index < -0.39 is 0 Å². The first-order chi connectivity index (χ1) is 8.22. The third-order valence-corrected chi connectivity index (χ3v) is 4.18. The highest BCUT2D eigenvalue weighted by Gasteiger charge is 2.26. The minimum Gasteiger partial charge on any atom is -0.343 e. The maximum atomic E-state index is 12.2. The lowest BCUT2D eigenvalue weighted by Crippen LogP contribution is -2.42. The van der Waals surface area contributed by atoms with Crippen LogP contribution in [0.4, 0.5) is 0 Å². The van der Waals surface area contributed by atoms with Gasteiger partial charge in [-0.3, -0.25) is 4.79 Å². The number of nitrogens with zero attached hydrogens (tertiary/aromatic N) is 2. The van der Waals surface area contributed by atoms with E-state index in [2.05, 4.69) is 34.7 Å². The second kappa shape index (κ2) is 8.09. The third-order valence-electron chi connectivity index (χ3n) is 3.62. The molecule has 3 nitrogen and oxygen atoms in total. The van der Waals surface area contributed by atoms with E-state index in [1.807, 2.05) is 4.90 Å². The SMILES string of the molecule is CCN(CC)C(=O)C1CCN(CCCBr)CC1. The molecule has 0 atom stereocenters. The lowest BCUT2D eigenvalue weighted by molar-refractivity contribution is -0.136. The summed E-state index contributed by atoms with van der Waals surface area (Å²) in [4.78, 5) is 16.6. The maximum absolute atomic E-state index is 12.2. The summed E-state index contributed by atoms with van der Waals surface area (Å²) in [5.74, 6) is 0.644. The minimum absolute atomic E-state index is 0.273. The monoisotopic (exact) mass is 304 g/mol. The Labute approximate surface area is 114 Å². The van der Waals surface area contributed by atoms with E-state index >= 15 is 0 Å². The van der Waals surface area contributed by atoms with Crippen LogP contribution < -0.4 is 0 Å². The molecule has 0 radical (unpaired) electrons. The number of piperidine rings is 1. The van der Waals surface area contributed by atoms with Gasteiger partial charge in [0, 0.05) is 24.3 Å². The van der Waals surface area contributed by atoms with Gasteiger partial charge in [-0.2, -0.15) is 0 Å². The number of hydrogen-bond acceptors (Lipinski definition) is 2. The molecule has 0 unspecified atom stereocenters. The molecule has 100 valence electrons. The number of hydrogen-bond donors (Lipinski definition) is 0. The van der Waals surface area contributed by atoms with Crippen LogP contribution in [0.25, 0.3) is 0 Å². The lowest BCUT2D eigenvalue weighted by Gasteiger charge is -2.33. The molecule has 1 rings (SSSR count). The van der Waals surface area contributed by atoms with Crippen LogP contribution in [0, 0.1) is 5.92 Å². The second-order valence-corrected chi connectivity index (χ2v) is 5.46. The standard InChI is InChI=1S/C13H25BrN2O/c1-3-16(4-2)13(17)12-6-10-15(11-7-12)9-5-8-14/h12H,3-11H2,1-2H3. The van der Waals surface area contributed by atoms with Gasteiger partial charge in [0.1, 0.15) is 0 Å². The number of halogens is 1. The fraction of sp³-hybridized carbons (Fsp3) is 0.923. The van der Waals surface area contributed by atoms with Crippen LogP contribution in [-0.2, 0) is 4.79 Å². The molecule has 0 aliphatic carbocycles. The van der Waals surface area contributed by atoms with Crippen LogP contribution >= 0.6 is 15.9 Å². The first-order valence-electron chi connectivity index (χ1n) is 6.80. The molecule has 0 aromatic rings. The van der Waals surface area contributed by atoms with Crippen LogP contribution in [0.1, 0.15) is 33.1 Å². The molecular weight excluding hydrogens is 280 g/mol. The Morgan fingerprint density at radius 3 is 2.35 bits per heavy atom. The van der Waals surface area contributed by atoms with Gasteiger partial charge in [-0.25, -0.2) is 0 Å². The van der Waals surface area contributed by atoms with Crippen molar-refractivity contribution in [1.29, 1.82) is 0 Å². The molecule has 0 aromatic heterocycles. The molecule has 0 N–H and O–H groups in total. The number of carbonyl (C=O) groups is 1. The smallest absolute Gasteiger partial charge is 0.225 e. The highest BCUT2D eigenvalue weighted by molar-refractivity contribution is 9.09. The van der Waals surface area contributed by atoms with Gasteiger partial charge in [-0.05, 0) is 52.7 Å². The second-order valence-electron chi connectivity index (χ2n) is 4.67. The van der Waals surface area contributed by atoms with Crippen molar-refractivity contribution in [2.45, 2.75) is 33.1 Å². The highest BCUT2D eigenvalue weighted by Crippen LogP contribution is 2.19. The predicted octanol–water partition coefficient (Wildman–Crippen LogP) is 2.35. The number of amides is 1. The Morgan fingerprint density at radius 2 is 1.88 bits per heavy atom. The molecule has 4 heteroatoms. The Bertz CT molecular complexity index is 223. The zero-order valence-corrected chi connectivity index (χ0v) is 12.7. The van der Waals surface area contributed by atoms with Crippen molar-refractivity contribution in [2.24, 2.45) is 5.92 Å². The number of likely N-dealkylation sites (tertiary alicyclic amines) is 1. The van der Waals surface area contributed by atoms with Crippen LogP contribution in [-0.4, -0.2) is 53.8 Å². The molecule has 0 bridgehead atoms. The average Bonchev–Trinajstić information content (AvgIpc) is 2.38. The summed E-state index contributed by atoms with van der Waals surface area (Å²) in [7, 11) is 0. The fourth-order valence-corrected chi connectivity index (χ4v) is 2.73. The zero-order chi connectivity index (χ0) is 12.7. The van der Waals surface area contributed by atoms with E-state index in [0.29, 0.717) is 5.91 Å². The summed E-state index contributed by atoms with van der Waals surface area (Å²) in [6.45, 7) is 9.16. The molecule has 1 aliphatic heterocycles. The molecule has 0 aromatic carbocycles. The maximum Gasteiger partial charge on any atom is 0.225 e. The van der Waals surface area contributed by atoms with E-state index in [9.17, 15) is 4.79 Å². The summed E-state index contributed by atoms with van der Waals surface area (Å²) in [6.07, 6.45) is 3.28. The molecule has 1 amide bonds. The fourth-order valence-electron chi connectivity index (χ4n) is 2.48. The van der Waals surface area contributed by atoms with Crippen molar-refractivity contribution < 1.29 is 4.79 Å². The van der Waals surface area contributed by atoms with E-state index in [1.165, 1.54) is 6.42 Å². The Kier molecular flexibility index (Phi) is 7.12. The number of carbonyl (C=O) groups excluding carboxylic acids is 1. The van der Waals surface area contributed by atoms with Crippen molar-refractivity contribution >= 4 is 21.8 Å². The van der Waals surface area contributed by atoms with Gasteiger partial charge in [-0.15, -0.1) is 0 Å². The van der Waals surface area contributed by atoms with Crippen molar-refractivity contribution in [2.75, 3.05) is 38.1 Å². The van der Waals surface area contributed by atoms with Crippen molar-refractivity contribution in [3.05, 3.63) is 0 Å². The normalized spacial score (nSPS) is 18.3. The largest absolute Gasteiger partial charge is 0.343 e. The average molecular weight is 305 g/mol. The topological polar surface area (TPSA) is 23.6 Å². The third kappa shape index (κ3) is 4.59. The Morgan fingerprint density at radius 1 is 1.29 bits per heavy atom. The van der Waals surface area contributed by atoms with Gasteiger partial charge in [0.15, 0.2) is 0 Å². The van der Waals surface area contributed by atoms with Crippen LogP contribution in [0.5, 0.6) is 0 Å². The summed E-state index contributed by atoms with van der Waals surface area (Å²) in [6, 6.07) is 0. The van der Waals surface area contributed by atoms with E-state index in [-0.39, 0.29) is 5.92 Å². The van der Waals surface area contributed by atoms with E-state index in [1.54, 1.807) is 0 Å². The van der Waals surface area contributed by atoms with Crippen LogP contribution in [0.2, 0.25) is 0 Å². The van der Waals surface area contributed by atoms with Crippen molar-refractivity contribution in [1.82, 2.24) is 9.80 Å². The number of alkyl halides is 1. The molecule has 1 saturated heterocycles. The minimum atomic E-state index is 0.273. The summed E-state index contributed by atoms with van der Waals surface area (Å²) in [5.41, 5.74) is 0. The quantitative estimate of drug-likeness (QED) is 0.703. The Hall–Kier alpha value is -0.0900. The van der Waals surface area contributed by atoms with Gasteiger partial charge >= 0.3 is 0 Å².